The lowest BCUT2D eigenvalue weighted by atomic mass is 9.93. The van der Waals surface area contributed by atoms with E-state index in [4.69, 9.17) is 4.74 Å². The van der Waals surface area contributed by atoms with E-state index in [1.165, 1.54) is 16.7 Å². The van der Waals surface area contributed by atoms with Gasteiger partial charge in [0.15, 0.2) is 0 Å². The zero-order chi connectivity index (χ0) is 13.4. The normalized spacial score (nSPS) is 19.2. The number of fused-ring (bicyclic) bond motifs is 1. The van der Waals surface area contributed by atoms with E-state index < -0.39 is 0 Å². The highest BCUT2D eigenvalue weighted by Gasteiger charge is 2.32. The molecule has 0 bridgehead atoms. The molecule has 0 atom stereocenters. The highest BCUT2D eigenvalue weighted by Crippen LogP contribution is 2.25. The fourth-order valence-electron chi connectivity index (χ4n) is 2.76. The Morgan fingerprint density at radius 1 is 1.32 bits per heavy atom. The van der Waals surface area contributed by atoms with Crippen molar-refractivity contribution in [2.45, 2.75) is 32.7 Å². The number of nitrogens with zero attached hydrogens (tertiary/aromatic N) is 1. The largest absolute Gasteiger partial charge is 0.380 e. The lowest BCUT2D eigenvalue weighted by molar-refractivity contribution is -0.150. The molecule has 19 heavy (non-hydrogen) atoms. The summed E-state index contributed by atoms with van der Waals surface area (Å²) in [6, 6.07) is 6.73. The van der Waals surface area contributed by atoms with Crippen LogP contribution < -0.4 is 0 Å². The summed E-state index contributed by atoms with van der Waals surface area (Å²) >= 11 is 0. The smallest absolute Gasteiger partial charge is 0.230 e. The number of hydrogen-bond acceptors (Lipinski definition) is 2. The van der Waals surface area contributed by atoms with Gasteiger partial charge in [0, 0.05) is 13.1 Å². The first kappa shape index (κ1) is 12.7. The van der Waals surface area contributed by atoms with Crippen LogP contribution in [-0.2, 0) is 22.5 Å². The lowest BCUT2D eigenvalue weighted by Gasteiger charge is -2.35. The number of rotatable bonds is 2. The summed E-state index contributed by atoms with van der Waals surface area (Å²) in [6.45, 7) is 7.25. The second kappa shape index (κ2) is 4.97. The highest BCUT2D eigenvalue weighted by atomic mass is 16.5. The Bertz CT molecular complexity index is 492. The van der Waals surface area contributed by atoms with Crippen molar-refractivity contribution in [2.75, 3.05) is 19.8 Å². The van der Waals surface area contributed by atoms with Gasteiger partial charge in [-0.3, -0.25) is 4.79 Å². The maximum atomic E-state index is 12.3. The molecule has 0 radical (unpaired) electrons. The van der Waals surface area contributed by atoms with E-state index in [2.05, 4.69) is 32.0 Å². The lowest BCUT2D eigenvalue weighted by Crippen LogP contribution is -2.46. The molecule has 2 aliphatic rings. The Kier molecular flexibility index (Phi) is 3.31. The fourth-order valence-corrected chi connectivity index (χ4v) is 2.76. The van der Waals surface area contributed by atoms with Crippen LogP contribution in [0.25, 0.3) is 0 Å². The van der Waals surface area contributed by atoms with Crippen LogP contribution in [0.5, 0.6) is 0 Å². The molecular formula is C16H21NO2. The molecule has 1 aromatic rings. The van der Waals surface area contributed by atoms with Crippen LogP contribution in [-0.4, -0.2) is 30.6 Å². The zero-order valence-electron chi connectivity index (χ0n) is 11.7. The van der Waals surface area contributed by atoms with E-state index in [1.54, 1.807) is 0 Å². The Morgan fingerprint density at radius 3 is 2.74 bits per heavy atom. The van der Waals surface area contributed by atoms with Gasteiger partial charge in [0.05, 0.1) is 19.1 Å². The van der Waals surface area contributed by atoms with Crippen molar-refractivity contribution in [1.82, 2.24) is 4.90 Å². The monoisotopic (exact) mass is 259 g/mol. The summed E-state index contributed by atoms with van der Waals surface area (Å²) < 4.78 is 5.12. The maximum absolute atomic E-state index is 12.3. The minimum Gasteiger partial charge on any atom is -0.380 e. The summed E-state index contributed by atoms with van der Waals surface area (Å²) in [4.78, 5) is 14.3. The van der Waals surface area contributed by atoms with E-state index in [1.807, 2.05) is 4.90 Å². The van der Waals surface area contributed by atoms with E-state index in [-0.39, 0.29) is 11.8 Å². The van der Waals surface area contributed by atoms with Gasteiger partial charge in [-0.2, -0.15) is 0 Å². The molecule has 0 saturated carbocycles. The molecule has 0 aliphatic carbocycles. The molecule has 1 amide bonds. The van der Waals surface area contributed by atoms with Crippen LogP contribution in [0.2, 0.25) is 0 Å². The van der Waals surface area contributed by atoms with Gasteiger partial charge in [-0.15, -0.1) is 0 Å². The van der Waals surface area contributed by atoms with E-state index in [9.17, 15) is 4.79 Å². The Balaban J connectivity index is 1.78. The highest BCUT2D eigenvalue weighted by molar-refractivity contribution is 5.80. The minimum absolute atomic E-state index is 0.106. The molecule has 0 spiro atoms. The standard InChI is InChI=1S/C16H21NO2/c1-11(2)13-4-3-12-5-6-17(8-14(12)7-13)16(18)15-9-19-10-15/h3-4,7,11,15H,5-6,8-10H2,1-2H3. The van der Waals surface area contributed by atoms with Crippen LogP contribution in [0.4, 0.5) is 0 Å². The Hall–Kier alpha value is -1.35. The number of carbonyl (C=O) groups is 1. The molecule has 3 rings (SSSR count). The van der Waals surface area contributed by atoms with Gasteiger partial charge in [0.1, 0.15) is 0 Å². The molecule has 1 saturated heterocycles. The first-order valence-corrected chi connectivity index (χ1v) is 7.13. The minimum atomic E-state index is 0.106. The van der Waals surface area contributed by atoms with Crippen LogP contribution in [0.1, 0.15) is 36.5 Å². The molecule has 3 nitrogen and oxygen atoms in total. The quantitative estimate of drug-likeness (QED) is 0.816. The summed E-state index contributed by atoms with van der Waals surface area (Å²) in [7, 11) is 0. The molecule has 2 heterocycles. The van der Waals surface area contributed by atoms with E-state index in [0.717, 1.165) is 19.5 Å². The Labute approximate surface area is 114 Å². The first-order chi connectivity index (χ1) is 9.15. The van der Waals surface area contributed by atoms with Crippen LogP contribution in [0.15, 0.2) is 18.2 Å². The topological polar surface area (TPSA) is 29.5 Å². The maximum Gasteiger partial charge on any atom is 0.230 e. The van der Waals surface area contributed by atoms with Crippen molar-refractivity contribution >= 4 is 5.91 Å². The van der Waals surface area contributed by atoms with E-state index >= 15 is 0 Å². The average Bonchev–Trinajstić information content (AvgIpc) is 2.35. The van der Waals surface area contributed by atoms with Crippen molar-refractivity contribution in [2.24, 2.45) is 5.92 Å². The molecule has 0 aromatic heterocycles. The van der Waals surface area contributed by atoms with Crippen LogP contribution in [0.3, 0.4) is 0 Å². The Morgan fingerprint density at radius 2 is 2.11 bits per heavy atom. The van der Waals surface area contributed by atoms with E-state index in [0.29, 0.717) is 19.1 Å². The predicted octanol–water partition coefficient (Wildman–Crippen LogP) is 2.34. The van der Waals surface area contributed by atoms with Gasteiger partial charge in [-0.05, 0) is 29.0 Å². The third-order valence-electron chi connectivity index (χ3n) is 4.21. The number of ether oxygens (including phenoxy) is 1. The molecule has 2 aliphatic heterocycles. The van der Waals surface area contributed by atoms with Gasteiger partial charge in [0.25, 0.3) is 0 Å². The molecular weight excluding hydrogens is 238 g/mol. The summed E-state index contributed by atoms with van der Waals surface area (Å²) in [6.07, 6.45) is 0.979. The third kappa shape index (κ3) is 2.39. The first-order valence-electron chi connectivity index (χ1n) is 7.13. The fraction of sp³-hybridized carbons (Fsp3) is 0.562. The molecule has 1 fully saturated rings. The van der Waals surface area contributed by atoms with Crippen molar-refractivity contribution in [1.29, 1.82) is 0 Å². The number of hydrogen-bond donors (Lipinski definition) is 0. The van der Waals surface area contributed by atoms with Gasteiger partial charge in [-0.25, -0.2) is 0 Å². The predicted molar refractivity (Wildman–Crippen MR) is 74.0 cm³/mol. The zero-order valence-corrected chi connectivity index (χ0v) is 11.7. The van der Waals surface area contributed by atoms with Gasteiger partial charge >= 0.3 is 0 Å². The molecule has 1 aromatic carbocycles. The van der Waals surface area contributed by atoms with Crippen molar-refractivity contribution in [3.05, 3.63) is 34.9 Å². The van der Waals surface area contributed by atoms with Crippen molar-refractivity contribution < 1.29 is 9.53 Å². The number of amides is 1. The summed E-state index contributed by atoms with van der Waals surface area (Å²) in [5.41, 5.74) is 4.09. The second-order valence-corrected chi connectivity index (χ2v) is 5.93. The average molecular weight is 259 g/mol. The molecule has 3 heteroatoms. The molecule has 0 unspecified atom stereocenters. The van der Waals surface area contributed by atoms with Gasteiger partial charge in [0.2, 0.25) is 5.91 Å². The van der Waals surface area contributed by atoms with Crippen LogP contribution >= 0.6 is 0 Å². The summed E-state index contributed by atoms with van der Waals surface area (Å²) in [5, 5.41) is 0. The number of benzene rings is 1. The van der Waals surface area contributed by atoms with Gasteiger partial charge < -0.3 is 9.64 Å². The molecule has 0 N–H and O–H groups in total. The summed E-state index contributed by atoms with van der Waals surface area (Å²) in [5.74, 6) is 0.915. The SMILES string of the molecule is CC(C)c1ccc2c(c1)CN(C(=O)C1COC1)CC2. The van der Waals surface area contributed by atoms with Crippen molar-refractivity contribution in [3.8, 4) is 0 Å². The third-order valence-corrected chi connectivity index (χ3v) is 4.21. The molecule has 102 valence electrons. The second-order valence-electron chi connectivity index (χ2n) is 5.93. The number of carbonyl (C=O) groups excluding carboxylic acids is 1. The van der Waals surface area contributed by atoms with Crippen LogP contribution in [0, 0.1) is 5.92 Å². The van der Waals surface area contributed by atoms with Gasteiger partial charge in [-0.1, -0.05) is 32.0 Å². The van der Waals surface area contributed by atoms with Crippen molar-refractivity contribution in [3.63, 3.8) is 0 Å².